The average molecular weight is 267 g/mol. The normalized spacial score (nSPS) is 18.6. The second kappa shape index (κ2) is 5.72. The zero-order valence-corrected chi connectivity index (χ0v) is 11.2. The molecule has 0 bridgehead atoms. The third-order valence-corrected chi connectivity index (χ3v) is 3.57. The molecule has 18 heavy (non-hydrogen) atoms. The van der Waals surface area contributed by atoms with Crippen LogP contribution in [0.25, 0.3) is 0 Å². The van der Waals surface area contributed by atoms with Gasteiger partial charge in [-0.1, -0.05) is 18.2 Å². The van der Waals surface area contributed by atoms with E-state index in [1.807, 2.05) is 17.0 Å². The second-order valence-corrected chi connectivity index (χ2v) is 5.00. The van der Waals surface area contributed by atoms with Crippen molar-refractivity contribution in [1.29, 1.82) is 0 Å². The number of para-hydroxylation sites is 1. The first kappa shape index (κ1) is 13.4. The van der Waals surface area contributed by atoms with Crippen molar-refractivity contribution in [3.63, 3.8) is 0 Å². The van der Waals surface area contributed by atoms with Crippen LogP contribution in [0.2, 0.25) is 0 Å². The molecule has 1 aromatic rings. The topological polar surface area (TPSA) is 32.3 Å². The summed E-state index contributed by atoms with van der Waals surface area (Å²) < 4.78 is 0. The van der Waals surface area contributed by atoms with Crippen LogP contribution in [0.1, 0.15) is 24.8 Å². The van der Waals surface area contributed by atoms with Gasteiger partial charge in [0.2, 0.25) is 5.91 Å². The Labute approximate surface area is 114 Å². The average Bonchev–Trinajstić information content (AvgIpc) is 3.14. The van der Waals surface area contributed by atoms with Crippen molar-refractivity contribution in [3.8, 4) is 0 Å². The van der Waals surface area contributed by atoms with Gasteiger partial charge in [0.05, 0.1) is 0 Å². The number of amides is 1. The monoisotopic (exact) mass is 266 g/mol. The smallest absolute Gasteiger partial charge is 0.227 e. The van der Waals surface area contributed by atoms with E-state index in [9.17, 15) is 4.79 Å². The summed E-state index contributed by atoms with van der Waals surface area (Å²) in [6.07, 6.45) is 3.20. The third-order valence-electron chi connectivity index (χ3n) is 3.57. The van der Waals surface area contributed by atoms with Crippen LogP contribution in [0.3, 0.4) is 0 Å². The Morgan fingerprint density at radius 3 is 2.89 bits per heavy atom. The van der Waals surface area contributed by atoms with Gasteiger partial charge in [-0.3, -0.25) is 4.79 Å². The highest BCUT2D eigenvalue weighted by Crippen LogP contribution is 2.34. The van der Waals surface area contributed by atoms with Crippen LogP contribution in [0.15, 0.2) is 24.3 Å². The Hall–Kier alpha value is -1.06. The van der Waals surface area contributed by atoms with Crippen LogP contribution in [0.4, 0.5) is 5.69 Å². The van der Waals surface area contributed by atoms with E-state index in [4.69, 9.17) is 0 Å². The van der Waals surface area contributed by atoms with Gasteiger partial charge in [-0.15, -0.1) is 12.4 Å². The molecule has 1 saturated carbocycles. The molecule has 2 aliphatic rings. The van der Waals surface area contributed by atoms with Gasteiger partial charge < -0.3 is 10.2 Å². The summed E-state index contributed by atoms with van der Waals surface area (Å²) in [6, 6.07) is 8.22. The number of benzene rings is 1. The number of hydrogen-bond donors (Lipinski definition) is 1. The molecular formula is C14H19ClN2O. The number of carbonyl (C=O) groups excluding carboxylic acids is 1. The first-order valence-electron chi connectivity index (χ1n) is 6.43. The molecule has 1 aromatic carbocycles. The molecule has 0 unspecified atom stereocenters. The SMILES string of the molecule is Cl.O=C(CC1CC1)N1CCNCc2ccccc21. The molecule has 0 saturated heterocycles. The van der Waals surface area contributed by atoms with Crippen molar-refractivity contribution >= 4 is 24.0 Å². The Balaban J connectivity index is 0.00000120. The lowest BCUT2D eigenvalue weighted by atomic mass is 10.1. The molecule has 1 heterocycles. The van der Waals surface area contributed by atoms with Gasteiger partial charge in [0.15, 0.2) is 0 Å². The van der Waals surface area contributed by atoms with E-state index < -0.39 is 0 Å². The first-order chi connectivity index (χ1) is 8.34. The maximum absolute atomic E-state index is 12.3. The zero-order chi connectivity index (χ0) is 11.7. The first-order valence-corrected chi connectivity index (χ1v) is 6.43. The van der Waals surface area contributed by atoms with Gasteiger partial charge >= 0.3 is 0 Å². The van der Waals surface area contributed by atoms with Gasteiger partial charge in [-0.05, 0) is 30.4 Å². The minimum absolute atomic E-state index is 0. The molecule has 0 aromatic heterocycles. The maximum atomic E-state index is 12.3. The van der Waals surface area contributed by atoms with Crippen LogP contribution in [-0.4, -0.2) is 19.0 Å². The van der Waals surface area contributed by atoms with E-state index in [1.165, 1.54) is 18.4 Å². The molecule has 1 fully saturated rings. The highest BCUT2D eigenvalue weighted by atomic mass is 35.5. The number of nitrogens with zero attached hydrogens (tertiary/aromatic N) is 1. The van der Waals surface area contributed by atoms with Crippen LogP contribution in [-0.2, 0) is 11.3 Å². The van der Waals surface area contributed by atoms with Crippen molar-refractivity contribution in [1.82, 2.24) is 5.32 Å². The molecule has 3 rings (SSSR count). The Morgan fingerprint density at radius 2 is 2.11 bits per heavy atom. The summed E-state index contributed by atoms with van der Waals surface area (Å²) in [5.74, 6) is 0.953. The summed E-state index contributed by atoms with van der Waals surface area (Å²) >= 11 is 0. The van der Waals surface area contributed by atoms with Gasteiger partial charge in [0, 0.05) is 31.7 Å². The number of halogens is 1. The van der Waals surface area contributed by atoms with Crippen molar-refractivity contribution < 1.29 is 4.79 Å². The van der Waals surface area contributed by atoms with Crippen molar-refractivity contribution in [3.05, 3.63) is 29.8 Å². The lowest BCUT2D eigenvalue weighted by Gasteiger charge is -2.22. The van der Waals surface area contributed by atoms with E-state index in [2.05, 4.69) is 17.4 Å². The summed E-state index contributed by atoms with van der Waals surface area (Å²) in [5.41, 5.74) is 2.33. The van der Waals surface area contributed by atoms with Crippen molar-refractivity contribution in [2.24, 2.45) is 5.92 Å². The summed E-state index contributed by atoms with van der Waals surface area (Å²) in [6.45, 7) is 2.54. The highest BCUT2D eigenvalue weighted by molar-refractivity contribution is 5.94. The fourth-order valence-corrected chi connectivity index (χ4v) is 2.40. The highest BCUT2D eigenvalue weighted by Gasteiger charge is 2.28. The number of rotatable bonds is 2. The van der Waals surface area contributed by atoms with E-state index >= 15 is 0 Å². The molecule has 3 nitrogen and oxygen atoms in total. The quantitative estimate of drug-likeness (QED) is 0.891. The maximum Gasteiger partial charge on any atom is 0.227 e. The molecule has 1 aliphatic carbocycles. The summed E-state index contributed by atoms with van der Waals surface area (Å²) in [4.78, 5) is 14.2. The van der Waals surface area contributed by atoms with Gasteiger partial charge in [0.1, 0.15) is 0 Å². The fourth-order valence-electron chi connectivity index (χ4n) is 2.40. The van der Waals surface area contributed by atoms with E-state index in [0.29, 0.717) is 11.8 Å². The standard InChI is InChI=1S/C14H18N2O.ClH/c17-14(9-11-5-6-11)16-8-7-15-10-12-3-1-2-4-13(12)16;/h1-4,11,15H,5-10H2;1H. The lowest BCUT2D eigenvalue weighted by molar-refractivity contribution is -0.118. The number of carbonyl (C=O) groups is 1. The molecule has 1 N–H and O–H groups in total. The lowest BCUT2D eigenvalue weighted by Crippen LogP contribution is -2.34. The predicted molar refractivity (Wildman–Crippen MR) is 75.1 cm³/mol. The Morgan fingerprint density at radius 1 is 1.33 bits per heavy atom. The van der Waals surface area contributed by atoms with Crippen LogP contribution in [0, 0.1) is 5.92 Å². The Kier molecular flexibility index (Phi) is 4.25. The van der Waals surface area contributed by atoms with Gasteiger partial charge in [-0.25, -0.2) is 0 Å². The minimum atomic E-state index is 0. The largest absolute Gasteiger partial charge is 0.311 e. The van der Waals surface area contributed by atoms with E-state index in [0.717, 1.165) is 31.7 Å². The van der Waals surface area contributed by atoms with Crippen LogP contribution in [0.5, 0.6) is 0 Å². The van der Waals surface area contributed by atoms with Gasteiger partial charge in [-0.2, -0.15) is 0 Å². The van der Waals surface area contributed by atoms with Crippen LogP contribution < -0.4 is 10.2 Å². The number of fused-ring (bicyclic) bond motifs is 1. The number of hydrogen-bond acceptors (Lipinski definition) is 2. The summed E-state index contributed by atoms with van der Waals surface area (Å²) in [7, 11) is 0. The molecule has 0 spiro atoms. The fraction of sp³-hybridized carbons (Fsp3) is 0.500. The predicted octanol–water partition coefficient (Wildman–Crippen LogP) is 2.34. The number of nitrogens with one attached hydrogen (secondary N) is 1. The van der Waals surface area contributed by atoms with Crippen molar-refractivity contribution in [2.75, 3.05) is 18.0 Å². The molecule has 0 radical (unpaired) electrons. The number of anilines is 1. The molecule has 1 aliphatic heterocycles. The third kappa shape index (κ3) is 2.85. The molecule has 98 valence electrons. The Bertz CT molecular complexity index is 432. The molecule has 4 heteroatoms. The van der Waals surface area contributed by atoms with E-state index in [1.54, 1.807) is 0 Å². The minimum Gasteiger partial charge on any atom is -0.311 e. The van der Waals surface area contributed by atoms with Crippen LogP contribution >= 0.6 is 12.4 Å². The van der Waals surface area contributed by atoms with Crippen molar-refractivity contribution in [2.45, 2.75) is 25.8 Å². The van der Waals surface area contributed by atoms with E-state index in [-0.39, 0.29) is 12.4 Å². The second-order valence-electron chi connectivity index (χ2n) is 5.00. The molecule has 0 atom stereocenters. The molecule has 1 amide bonds. The zero-order valence-electron chi connectivity index (χ0n) is 10.4. The molecular weight excluding hydrogens is 248 g/mol. The van der Waals surface area contributed by atoms with Gasteiger partial charge in [0.25, 0.3) is 0 Å². The summed E-state index contributed by atoms with van der Waals surface area (Å²) in [5, 5.41) is 3.36.